The topological polar surface area (TPSA) is 0 Å². The standard InChI is InChI=1S/C14H26/c1-9(2)12-7-8-13(10(3)4)14(12)11(5)6/h7,9-11,13-14H,8H2,1-6H3/t13-,14-/m1/s1. The summed E-state index contributed by atoms with van der Waals surface area (Å²) in [6, 6.07) is 0. The van der Waals surface area contributed by atoms with Gasteiger partial charge >= 0.3 is 0 Å². The molecule has 0 radical (unpaired) electrons. The van der Waals surface area contributed by atoms with Crippen LogP contribution in [-0.2, 0) is 0 Å². The number of allylic oxidation sites excluding steroid dienone is 2. The average molecular weight is 194 g/mol. The Morgan fingerprint density at radius 3 is 1.93 bits per heavy atom. The second-order valence-corrected chi connectivity index (χ2v) is 5.77. The molecular formula is C14H26. The third-order valence-electron chi connectivity index (χ3n) is 3.71. The van der Waals surface area contributed by atoms with E-state index in [0.29, 0.717) is 0 Å². The average Bonchev–Trinajstić information content (AvgIpc) is 2.46. The van der Waals surface area contributed by atoms with Gasteiger partial charge in [-0.1, -0.05) is 53.2 Å². The van der Waals surface area contributed by atoms with Crippen LogP contribution in [0, 0.1) is 29.6 Å². The summed E-state index contributed by atoms with van der Waals surface area (Å²) < 4.78 is 0. The van der Waals surface area contributed by atoms with Gasteiger partial charge in [0, 0.05) is 0 Å². The molecule has 0 amide bonds. The minimum Gasteiger partial charge on any atom is -0.0845 e. The van der Waals surface area contributed by atoms with Crippen LogP contribution in [-0.4, -0.2) is 0 Å². The van der Waals surface area contributed by atoms with E-state index < -0.39 is 0 Å². The van der Waals surface area contributed by atoms with Gasteiger partial charge in [-0.3, -0.25) is 0 Å². The first-order valence-corrected chi connectivity index (χ1v) is 6.15. The van der Waals surface area contributed by atoms with E-state index in [2.05, 4.69) is 47.6 Å². The summed E-state index contributed by atoms with van der Waals surface area (Å²) in [4.78, 5) is 0. The molecule has 0 nitrogen and oxygen atoms in total. The molecule has 0 aromatic rings. The lowest BCUT2D eigenvalue weighted by Gasteiger charge is -2.30. The van der Waals surface area contributed by atoms with Gasteiger partial charge in [0.1, 0.15) is 0 Å². The number of hydrogen-bond donors (Lipinski definition) is 0. The number of hydrogen-bond acceptors (Lipinski definition) is 0. The van der Waals surface area contributed by atoms with E-state index in [9.17, 15) is 0 Å². The van der Waals surface area contributed by atoms with E-state index in [4.69, 9.17) is 0 Å². The highest BCUT2D eigenvalue weighted by Gasteiger charge is 2.34. The zero-order chi connectivity index (χ0) is 10.9. The summed E-state index contributed by atoms with van der Waals surface area (Å²) in [5.41, 5.74) is 1.72. The quantitative estimate of drug-likeness (QED) is 0.580. The van der Waals surface area contributed by atoms with Crippen molar-refractivity contribution in [3.63, 3.8) is 0 Å². The molecule has 2 atom stereocenters. The minimum absolute atomic E-state index is 0.742. The molecule has 14 heavy (non-hydrogen) atoms. The van der Waals surface area contributed by atoms with Crippen LogP contribution in [0.3, 0.4) is 0 Å². The molecule has 0 spiro atoms. The summed E-state index contributed by atoms with van der Waals surface area (Å²) in [5, 5.41) is 0. The van der Waals surface area contributed by atoms with Gasteiger partial charge in [0.2, 0.25) is 0 Å². The summed E-state index contributed by atoms with van der Waals surface area (Å²) in [7, 11) is 0. The normalized spacial score (nSPS) is 27.9. The van der Waals surface area contributed by atoms with Crippen LogP contribution < -0.4 is 0 Å². The molecule has 1 rings (SSSR count). The van der Waals surface area contributed by atoms with Crippen LogP contribution in [0.5, 0.6) is 0 Å². The van der Waals surface area contributed by atoms with Gasteiger partial charge in [-0.25, -0.2) is 0 Å². The summed E-state index contributed by atoms with van der Waals surface area (Å²) in [6.07, 6.45) is 3.83. The molecule has 0 heteroatoms. The molecule has 0 aromatic carbocycles. The molecule has 0 bridgehead atoms. The van der Waals surface area contributed by atoms with Gasteiger partial charge in [0.15, 0.2) is 0 Å². The first-order valence-electron chi connectivity index (χ1n) is 6.15. The second-order valence-electron chi connectivity index (χ2n) is 5.77. The molecule has 0 unspecified atom stereocenters. The predicted octanol–water partition coefficient (Wildman–Crippen LogP) is 4.52. The SMILES string of the molecule is CC(C)C1=CC[C@H](C(C)C)[C@@H]1C(C)C. The highest BCUT2D eigenvalue weighted by molar-refractivity contribution is 5.18. The van der Waals surface area contributed by atoms with E-state index in [-0.39, 0.29) is 0 Å². The van der Waals surface area contributed by atoms with Gasteiger partial charge in [-0.15, -0.1) is 0 Å². The lowest BCUT2D eigenvalue weighted by Crippen LogP contribution is -2.23. The fourth-order valence-electron chi connectivity index (χ4n) is 2.99. The molecule has 0 saturated carbocycles. The number of rotatable bonds is 3. The Hall–Kier alpha value is -0.260. The molecule has 0 aromatic heterocycles. The van der Waals surface area contributed by atoms with Crippen molar-refractivity contribution < 1.29 is 0 Å². The van der Waals surface area contributed by atoms with E-state index in [1.54, 1.807) is 5.57 Å². The smallest absolute Gasteiger partial charge is 0.0144 e. The van der Waals surface area contributed by atoms with E-state index in [1.165, 1.54) is 6.42 Å². The van der Waals surface area contributed by atoms with Crippen LogP contribution >= 0.6 is 0 Å². The van der Waals surface area contributed by atoms with Gasteiger partial charge in [-0.05, 0) is 36.0 Å². The van der Waals surface area contributed by atoms with Crippen molar-refractivity contribution in [3.05, 3.63) is 11.6 Å². The van der Waals surface area contributed by atoms with Crippen molar-refractivity contribution in [1.29, 1.82) is 0 Å². The molecule has 0 heterocycles. The summed E-state index contributed by atoms with van der Waals surface area (Å²) >= 11 is 0. The summed E-state index contributed by atoms with van der Waals surface area (Å²) in [6.45, 7) is 14.2. The molecule has 82 valence electrons. The lowest BCUT2D eigenvalue weighted by molar-refractivity contribution is 0.243. The van der Waals surface area contributed by atoms with Crippen LogP contribution in [0.15, 0.2) is 11.6 Å². The highest BCUT2D eigenvalue weighted by atomic mass is 14.4. The maximum atomic E-state index is 2.51. The Balaban J connectivity index is 2.81. The molecule has 1 aliphatic rings. The third-order valence-corrected chi connectivity index (χ3v) is 3.71. The lowest BCUT2D eigenvalue weighted by atomic mass is 9.74. The van der Waals surface area contributed by atoms with Crippen molar-refractivity contribution in [2.24, 2.45) is 29.6 Å². The van der Waals surface area contributed by atoms with E-state index >= 15 is 0 Å². The van der Waals surface area contributed by atoms with Crippen molar-refractivity contribution >= 4 is 0 Å². The fourth-order valence-corrected chi connectivity index (χ4v) is 2.99. The van der Waals surface area contributed by atoms with E-state index in [0.717, 1.165) is 29.6 Å². The van der Waals surface area contributed by atoms with Crippen LogP contribution in [0.1, 0.15) is 48.0 Å². The van der Waals surface area contributed by atoms with Gasteiger partial charge in [0.05, 0.1) is 0 Å². The fraction of sp³-hybridized carbons (Fsp3) is 0.857. The van der Waals surface area contributed by atoms with Crippen molar-refractivity contribution in [2.45, 2.75) is 48.0 Å². The zero-order valence-electron chi connectivity index (χ0n) is 10.7. The molecule has 0 N–H and O–H groups in total. The van der Waals surface area contributed by atoms with Crippen molar-refractivity contribution in [1.82, 2.24) is 0 Å². The Kier molecular flexibility index (Phi) is 3.80. The van der Waals surface area contributed by atoms with Crippen molar-refractivity contribution in [3.8, 4) is 0 Å². The first kappa shape index (κ1) is 11.8. The monoisotopic (exact) mass is 194 g/mol. The van der Waals surface area contributed by atoms with Crippen LogP contribution in [0.2, 0.25) is 0 Å². The molecule has 0 fully saturated rings. The van der Waals surface area contributed by atoms with Gasteiger partial charge < -0.3 is 0 Å². The van der Waals surface area contributed by atoms with Gasteiger partial charge in [-0.2, -0.15) is 0 Å². The zero-order valence-corrected chi connectivity index (χ0v) is 10.7. The van der Waals surface area contributed by atoms with Crippen LogP contribution in [0.4, 0.5) is 0 Å². The minimum atomic E-state index is 0.742. The molecule has 1 aliphatic carbocycles. The Labute approximate surface area is 89.8 Å². The van der Waals surface area contributed by atoms with E-state index in [1.807, 2.05) is 0 Å². The Morgan fingerprint density at radius 1 is 1.00 bits per heavy atom. The molecular weight excluding hydrogens is 168 g/mol. The Bertz CT molecular complexity index is 208. The second kappa shape index (κ2) is 4.51. The summed E-state index contributed by atoms with van der Waals surface area (Å²) in [5.74, 6) is 4.11. The predicted molar refractivity (Wildman–Crippen MR) is 64.2 cm³/mol. The molecule has 0 aliphatic heterocycles. The third kappa shape index (κ3) is 2.21. The van der Waals surface area contributed by atoms with Crippen molar-refractivity contribution in [2.75, 3.05) is 0 Å². The largest absolute Gasteiger partial charge is 0.0845 e. The maximum absolute atomic E-state index is 2.51. The maximum Gasteiger partial charge on any atom is -0.0144 e. The van der Waals surface area contributed by atoms with Gasteiger partial charge in [0.25, 0.3) is 0 Å². The Morgan fingerprint density at radius 2 is 1.57 bits per heavy atom. The highest BCUT2D eigenvalue weighted by Crippen LogP contribution is 2.43. The van der Waals surface area contributed by atoms with Crippen LogP contribution in [0.25, 0.3) is 0 Å². The molecule has 0 saturated heterocycles. The first-order chi connectivity index (χ1) is 6.45.